The van der Waals surface area contributed by atoms with Gasteiger partial charge in [0.05, 0.1) is 0 Å². The first-order valence-corrected chi connectivity index (χ1v) is 4.45. The molecule has 0 saturated heterocycles. The van der Waals surface area contributed by atoms with Crippen molar-refractivity contribution in [1.82, 2.24) is 5.48 Å². The Morgan fingerprint density at radius 3 is 2.21 bits per heavy atom. The highest BCUT2D eigenvalue weighted by molar-refractivity contribution is 5.22. The first-order valence-electron chi connectivity index (χ1n) is 4.45. The molecule has 0 saturated carbocycles. The molecule has 0 spiro atoms. The molecule has 0 aliphatic heterocycles. The zero-order chi connectivity index (χ0) is 10.4. The Morgan fingerprint density at radius 1 is 1.14 bits per heavy atom. The SMILES string of the molecule is ONCc1ccc(CCC(F)F)cc1. The summed E-state index contributed by atoms with van der Waals surface area (Å²) in [6.07, 6.45) is -1.95. The summed E-state index contributed by atoms with van der Waals surface area (Å²) in [6, 6.07) is 7.22. The van der Waals surface area contributed by atoms with Gasteiger partial charge in [-0.2, -0.15) is 0 Å². The van der Waals surface area contributed by atoms with Gasteiger partial charge in [-0.05, 0) is 17.5 Å². The summed E-state index contributed by atoms with van der Waals surface area (Å²) in [6.45, 7) is 0.370. The normalized spacial score (nSPS) is 10.9. The molecule has 78 valence electrons. The molecule has 2 N–H and O–H groups in total. The van der Waals surface area contributed by atoms with Crippen molar-refractivity contribution in [2.24, 2.45) is 0 Å². The van der Waals surface area contributed by atoms with E-state index < -0.39 is 6.43 Å². The lowest BCUT2D eigenvalue weighted by molar-refractivity contribution is 0.138. The van der Waals surface area contributed by atoms with Crippen LogP contribution in [0.5, 0.6) is 0 Å². The number of alkyl halides is 2. The topological polar surface area (TPSA) is 32.3 Å². The molecule has 0 fully saturated rings. The van der Waals surface area contributed by atoms with E-state index in [1.165, 1.54) is 0 Å². The van der Waals surface area contributed by atoms with E-state index in [0.29, 0.717) is 13.0 Å². The first kappa shape index (κ1) is 11.1. The fourth-order valence-corrected chi connectivity index (χ4v) is 1.19. The van der Waals surface area contributed by atoms with Crippen molar-refractivity contribution in [2.75, 3.05) is 0 Å². The summed E-state index contributed by atoms with van der Waals surface area (Å²) in [4.78, 5) is 0. The molecule has 0 bridgehead atoms. The van der Waals surface area contributed by atoms with Crippen LogP contribution in [0.15, 0.2) is 24.3 Å². The first-order chi connectivity index (χ1) is 6.72. The molecule has 2 nitrogen and oxygen atoms in total. The maximum atomic E-state index is 11.9. The van der Waals surface area contributed by atoms with E-state index in [1.807, 2.05) is 17.6 Å². The zero-order valence-electron chi connectivity index (χ0n) is 7.71. The second-order valence-corrected chi connectivity index (χ2v) is 3.08. The molecule has 1 aromatic rings. The van der Waals surface area contributed by atoms with Crippen molar-refractivity contribution >= 4 is 0 Å². The summed E-state index contributed by atoms with van der Waals surface area (Å²) in [7, 11) is 0. The Kier molecular flexibility index (Phi) is 4.49. The second-order valence-electron chi connectivity index (χ2n) is 3.08. The predicted molar refractivity (Wildman–Crippen MR) is 49.4 cm³/mol. The number of aryl methyl sites for hydroxylation is 1. The summed E-state index contributed by atoms with van der Waals surface area (Å²) in [5, 5.41) is 8.42. The highest BCUT2D eigenvalue weighted by atomic mass is 19.3. The van der Waals surface area contributed by atoms with Gasteiger partial charge in [-0.3, -0.25) is 0 Å². The molecule has 0 heterocycles. The van der Waals surface area contributed by atoms with Gasteiger partial charge >= 0.3 is 0 Å². The van der Waals surface area contributed by atoms with Crippen LogP contribution >= 0.6 is 0 Å². The molecule has 0 aromatic heterocycles. The van der Waals surface area contributed by atoms with Gasteiger partial charge < -0.3 is 5.21 Å². The van der Waals surface area contributed by atoms with E-state index >= 15 is 0 Å². The molecule has 14 heavy (non-hydrogen) atoms. The molecule has 0 unspecified atom stereocenters. The lowest BCUT2D eigenvalue weighted by atomic mass is 10.1. The van der Waals surface area contributed by atoms with E-state index in [1.54, 1.807) is 12.1 Å². The van der Waals surface area contributed by atoms with Gasteiger partial charge in [-0.25, -0.2) is 14.3 Å². The molecular formula is C10H13F2NO. The van der Waals surface area contributed by atoms with Gasteiger partial charge in [0.15, 0.2) is 0 Å². The highest BCUT2D eigenvalue weighted by Gasteiger charge is 2.02. The fraction of sp³-hybridized carbons (Fsp3) is 0.400. The lowest BCUT2D eigenvalue weighted by Gasteiger charge is -2.03. The van der Waals surface area contributed by atoms with Gasteiger partial charge in [0.1, 0.15) is 0 Å². The van der Waals surface area contributed by atoms with Crippen molar-refractivity contribution in [3.63, 3.8) is 0 Å². The van der Waals surface area contributed by atoms with Gasteiger partial charge in [0, 0.05) is 13.0 Å². The number of benzene rings is 1. The number of halogens is 2. The molecule has 1 rings (SSSR count). The van der Waals surface area contributed by atoms with E-state index in [4.69, 9.17) is 5.21 Å². The molecular weight excluding hydrogens is 188 g/mol. The van der Waals surface area contributed by atoms with E-state index in [0.717, 1.165) is 11.1 Å². The third-order valence-corrected chi connectivity index (χ3v) is 1.96. The maximum absolute atomic E-state index is 11.9. The van der Waals surface area contributed by atoms with Gasteiger partial charge in [0.2, 0.25) is 6.43 Å². The van der Waals surface area contributed by atoms with Crippen molar-refractivity contribution in [3.8, 4) is 0 Å². The van der Waals surface area contributed by atoms with Crippen LogP contribution in [-0.4, -0.2) is 11.6 Å². The molecule has 1 aromatic carbocycles. The quantitative estimate of drug-likeness (QED) is 0.717. The van der Waals surface area contributed by atoms with Crippen LogP contribution in [-0.2, 0) is 13.0 Å². The van der Waals surface area contributed by atoms with E-state index in [2.05, 4.69) is 0 Å². The molecule has 4 heteroatoms. The minimum Gasteiger partial charge on any atom is -0.316 e. The van der Waals surface area contributed by atoms with Crippen LogP contribution < -0.4 is 5.48 Å². The van der Waals surface area contributed by atoms with Gasteiger partial charge in [-0.15, -0.1) is 0 Å². The monoisotopic (exact) mass is 201 g/mol. The smallest absolute Gasteiger partial charge is 0.239 e. The third kappa shape index (κ3) is 3.81. The Balaban J connectivity index is 2.46. The second kappa shape index (κ2) is 5.67. The van der Waals surface area contributed by atoms with Gasteiger partial charge in [-0.1, -0.05) is 24.3 Å². The Hall–Kier alpha value is -1.00. The molecule has 0 aliphatic rings. The summed E-state index contributed by atoms with van der Waals surface area (Å²) in [5.74, 6) is 0. The van der Waals surface area contributed by atoms with Gasteiger partial charge in [0.25, 0.3) is 0 Å². The largest absolute Gasteiger partial charge is 0.316 e. The van der Waals surface area contributed by atoms with E-state index in [-0.39, 0.29) is 6.42 Å². The van der Waals surface area contributed by atoms with Crippen molar-refractivity contribution in [1.29, 1.82) is 0 Å². The average Bonchev–Trinajstić information content (AvgIpc) is 2.17. The Morgan fingerprint density at radius 2 is 1.71 bits per heavy atom. The van der Waals surface area contributed by atoms with Crippen LogP contribution in [0.1, 0.15) is 17.5 Å². The van der Waals surface area contributed by atoms with Crippen molar-refractivity contribution < 1.29 is 14.0 Å². The van der Waals surface area contributed by atoms with Crippen LogP contribution in [0.2, 0.25) is 0 Å². The highest BCUT2D eigenvalue weighted by Crippen LogP contribution is 2.09. The van der Waals surface area contributed by atoms with Crippen LogP contribution in [0, 0.1) is 0 Å². The van der Waals surface area contributed by atoms with E-state index in [9.17, 15) is 8.78 Å². The number of nitrogens with one attached hydrogen (secondary N) is 1. The zero-order valence-corrected chi connectivity index (χ0v) is 7.71. The Labute approximate surface area is 81.5 Å². The van der Waals surface area contributed by atoms with Crippen LogP contribution in [0.3, 0.4) is 0 Å². The molecule has 0 amide bonds. The maximum Gasteiger partial charge on any atom is 0.239 e. The number of hydroxylamine groups is 1. The van der Waals surface area contributed by atoms with Crippen molar-refractivity contribution in [2.45, 2.75) is 25.8 Å². The van der Waals surface area contributed by atoms with Crippen molar-refractivity contribution in [3.05, 3.63) is 35.4 Å². The fourth-order valence-electron chi connectivity index (χ4n) is 1.19. The lowest BCUT2D eigenvalue weighted by Crippen LogP contribution is -2.05. The summed E-state index contributed by atoms with van der Waals surface area (Å²) >= 11 is 0. The summed E-state index contributed by atoms with van der Waals surface area (Å²) in [5.41, 5.74) is 3.85. The number of rotatable bonds is 5. The summed E-state index contributed by atoms with van der Waals surface area (Å²) < 4.78 is 23.8. The molecule has 0 radical (unpaired) electrons. The number of hydrogen-bond donors (Lipinski definition) is 2. The minimum atomic E-state index is -2.24. The molecule has 0 atom stereocenters. The standard InChI is InChI=1S/C10H13F2NO/c11-10(12)6-5-8-1-3-9(4-2-8)7-13-14/h1-4,10,13-14H,5-7H2. The van der Waals surface area contributed by atoms with Crippen LogP contribution in [0.4, 0.5) is 8.78 Å². The average molecular weight is 201 g/mol. The Bertz CT molecular complexity index is 261. The third-order valence-electron chi connectivity index (χ3n) is 1.96. The minimum absolute atomic E-state index is 0.0996. The van der Waals surface area contributed by atoms with Crippen LogP contribution in [0.25, 0.3) is 0 Å². The number of hydrogen-bond acceptors (Lipinski definition) is 2. The predicted octanol–water partition coefficient (Wildman–Crippen LogP) is 2.36. The molecule has 0 aliphatic carbocycles.